The van der Waals surface area contributed by atoms with Crippen molar-refractivity contribution >= 4 is 40.6 Å². The van der Waals surface area contributed by atoms with Crippen molar-refractivity contribution in [1.82, 2.24) is 9.38 Å². The number of fused-ring (bicyclic) bond motifs is 1. The highest BCUT2D eigenvalue weighted by Crippen LogP contribution is 2.30. The molecule has 0 aliphatic rings. The van der Waals surface area contributed by atoms with Gasteiger partial charge in [0.25, 0.3) is 0 Å². The summed E-state index contributed by atoms with van der Waals surface area (Å²) in [6.45, 7) is 3.61. The van der Waals surface area contributed by atoms with Gasteiger partial charge in [0.1, 0.15) is 22.5 Å². The van der Waals surface area contributed by atoms with Crippen LogP contribution in [0.3, 0.4) is 0 Å². The Labute approximate surface area is 144 Å². The fraction of sp³-hybridized carbons (Fsp3) is 0.176. The summed E-state index contributed by atoms with van der Waals surface area (Å²) in [5.41, 5.74) is 3.28. The summed E-state index contributed by atoms with van der Waals surface area (Å²) >= 11 is 12.0. The van der Waals surface area contributed by atoms with Crippen molar-refractivity contribution in [2.75, 3.05) is 5.32 Å². The number of hydrogen-bond donors (Lipinski definition) is 1. The van der Waals surface area contributed by atoms with Crippen LogP contribution in [-0.4, -0.2) is 20.7 Å². The first-order valence-corrected chi connectivity index (χ1v) is 7.97. The van der Waals surface area contributed by atoms with Crippen LogP contribution < -0.4 is 5.32 Å². The summed E-state index contributed by atoms with van der Waals surface area (Å²) in [6, 6.07) is 11.2. The van der Waals surface area contributed by atoms with E-state index in [9.17, 15) is 4.79 Å². The fourth-order valence-electron chi connectivity index (χ4n) is 2.32. The van der Waals surface area contributed by atoms with Crippen molar-refractivity contribution in [3.05, 3.63) is 53.2 Å². The van der Waals surface area contributed by atoms with E-state index in [0.29, 0.717) is 16.5 Å². The Morgan fingerprint density at radius 2 is 2.09 bits per heavy atom. The first-order valence-electron chi connectivity index (χ1n) is 7.15. The second-order valence-corrected chi connectivity index (χ2v) is 6.45. The molecule has 0 radical (unpaired) electrons. The number of pyridine rings is 1. The average molecular weight is 348 g/mol. The molecule has 1 aromatic carbocycles. The molecule has 4 nitrogen and oxygen atoms in total. The Morgan fingerprint density at radius 1 is 1.30 bits per heavy atom. The van der Waals surface area contributed by atoms with E-state index in [2.05, 4.69) is 10.3 Å². The highest BCUT2D eigenvalue weighted by molar-refractivity contribution is 6.32. The van der Waals surface area contributed by atoms with Gasteiger partial charge in [0.15, 0.2) is 0 Å². The van der Waals surface area contributed by atoms with Gasteiger partial charge in [-0.3, -0.25) is 9.20 Å². The second-order valence-electron chi connectivity index (χ2n) is 5.36. The van der Waals surface area contributed by atoms with Crippen LogP contribution in [-0.2, 0) is 4.79 Å². The lowest BCUT2D eigenvalue weighted by atomic mass is 10.1. The Hall–Kier alpha value is -2.04. The molecule has 118 valence electrons. The van der Waals surface area contributed by atoms with Crippen LogP contribution in [0.1, 0.15) is 12.5 Å². The molecule has 1 atom stereocenters. The lowest BCUT2D eigenvalue weighted by molar-refractivity contribution is -0.115. The monoisotopic (exact) mass is 347 g/mol. The highest BCUT2D eigenvalue weighted by atomic mass is 35.5. The van der Waals surface area contributed by atoms with Gasteiger partial charge in [0.2, 0.25) is 5.91 Å². The fourth-order valence-corrected chi connectivity index (χ4v) is 2.57. The summed E-state index contributed by atoms with van der Waals surface area (Å²) in [5.74, 6) is 0.307. The van der Waals surface area contributed by atoms with Gasteiger partial charge in [0, 0.05) is 16.8 Å². The number of nitrogens with zero attached hydrogens (tertiary/aromatic N) is 2. The third kappa shape index (κ3) is 3.19. The zero-order valence-electron chi connectivity index (χ0n) is 12.7. The smallest absolute Gasteiger partial charge is 0.243 e. The van der Waals surface area contributed by atoms with E-state index in [-0.39, 0.29) is 5.91 Å². The number of halogens is 2. The Bertz CT molecular complexity index is 887. The molecule has 0 saturated heterocycles. The van der Waals surface area contributed by atoms with E-state index in [1.54, 1.807) is 13.0 Å². The maximum atomic E-state index is 12.1. The van der Waals surface area contributed by atoms with Crippen LogP contribution >= 0.6 is 23.2 Å². The summed E-state index contributed by atoms with van der Waals surface area (Å²) in [7, 11) is 0. The molecule has 0 fully saturated rings. The van der Waals surface area contributed by atoms with Gasteiger partial charge in [-0.2, -0.15) is 0 Å². The number of nitrogens with one attached hydrogen (secondary N) is 1. The van der Waals surface area contributed by atoms with E-state index in [0.717, 1.165) is 16.8 Å². The topological polar surface area (TPSA) is 46.4 Å². The number of benzene rings is 1. The van der Waals surface area contributed by atoms with Crippen LogP contribution in [0.4, 0.5) is 5.82 Å². The number of aryl methyl sites for hydroxylation is 1. The number of imidazole rings is 1. The zero-order valence-corrected chi connectivity index (χ0v) is 14.2. The van der Waals surface area contributed by atoms with E-state index >= 15 is 0 Å². The predicted octanol–water partition coefficient (Wildman–Crippen LogP) is 4.53. The molecule has 1 amide bonds. The molecule has 6 heteroatoms. The van der Waals surface area contributed by atoms with E-state index in [4.69, 9.17) is 23.2 Å². The lowest BCUT2D eigenvalue weighted by Gasteiger charge is -2.09. The van der Waals surface area contributed by atoms with Crippen LogP contribution in [0.25, 0.3) is 16.9 Å². The number of carbonyl (C=O) groups excluding carboxylic acids is 1. The van der Waals surface area contributed by atoms with Crippen molar-refractivity contribution in [2.24, 2.45) is 0 Å². The van der Waals surface area contributed by atoms with E-state index in [1.165, 1.54) is 0 Å². The van der Waals surface area contributed by atoms with Crippen molar-refractivity contribution in [3.63, 3.8) is 0 Å². The molecule has 2 heterocycles. The van der Waals surface area contributed by atoms with Gasteiger partial charge in [-0.1, -0.05) is 29.8 Å². The lowest BCUT2D eigenvalue weighted by Crippen LogP contribution is -2.21. The van der Waals surface area contributed by atoms with Crippen molar-refractivity contribution < 1.29 is 4.79 Å². The van der Waals surface area contributed by atoms with Crippen LogP contribution in [0.5, 0.6) is 0 Å². The number of alkyl halides is 1. The molecule has 0 aliphatic carbocycles. The highest BCUT2D eigenvalue weighted by Gasteiger charge is 2.18. The molecule has 0 saturated carbocycles. The number of amides is 1. The molecule has 0 aliphatic heterocycles. The maximum absolute atomic E-state index is 12.1. The van der Waals surface area contributed by atoms with Gasteiger partial charge in [-0.05, 0) is 37.6 Å². The molecule has 0 bridgehead atoms. The van der Waals surface area contributed by atoms with Gasteiger partial charge >= 0.3 is 0 Å². The first kappa shape index (κ1) is 15.8. The molecule has 3 rings (SSSR count). The summed E-state index contributed by atoms with van der Waals surface area (Å²) < 4.78 is 1.85. The largest absolute Gasteiger partial charge is 0.309 e. The van der Waals surface area contributed by atoms with Crippen LogP contribution in [0.15, 0.2) is 42.6 Å². The Kier molecular flexibility index (Phi) is 4.28. The minimum atomic E-state index is -0.641. The Morgan fingerprint density at radius 3 is 2.78 bits per heavy atom. The predicted molar refractivity (Wildman–Crippen MR) is 94.3 cm³/mol. The molecular weight excluding hydrogens is 333 g/mol. The summed E-state index contributed by atoms with van der Waals surface area (Å²) in [6.07, 6.45) is 1.92. The standard InChI is InChI=1S/C17H15Cl2N3O/c1-10-6-7-14-20-15(12-4-3-5-13(19)8-12)16(22(14)9-10)21-17(23)11(2)18/h3-9,11H,1-2H3,(H,21,23)/t11-/m0/s1. The van der Waals surface area contributed by atoms with Gasteiger partial charge in [-0.15, -0.1) is 11.6 Å². The molecule has 3 aromatic rings. The molecule has 0 spiro atoms. The van der Waals surface area contributed by atoms with Crippen molar-refractivity contribution in [1.29, 1.82) is 0 Å². The average Bonchev–Trinajstić information content (AvgIpc) is 2.85. The van der Waals surface area contributed by atoms with E-state index < -0.39 is 5.38 Å². The Balaban J connectivity index is 2.21. The SMILES string of the molecule is Cc1ccc2nc(-c3cccc(Cl)c3)c(NC(=O)[C@H](C)Cl)n2c1. The van der Waals surface area contributed by atoms with Crippen molar-refractivity contribution in [3.8, 4) is 11.3 Å². The summed E-state index contributed by atoms with van der Waals surface area (Å²) in [4.78, 5) is 16.7. The number of rotatable bonds is 3. The van der Waals surface area contributed by atoms with Gasteiger partial charge in [0.05, 0.1) is 0 Å². The number of carbonyl (C=O) groups is 1. The molecule has 0 unspecified atom stereocenters. The second kappa shape index (κ2) is 6.22. The molecule has 23 heavy (non-hydrogen) atoms. The third-order valence-corrected chi connectivity index (χ3v) is 3.90. The zero-order chi connectivity index (χ0) is 16.6. The van der Waals surface area contributed by atoms with E-state index in [1.807, 2.05) is 47.9 Å². The number of anilines is 1. The number of aromatic nitrogens is 2. The number of hydrogen-bond acceptors (Lipinski definition) is 2. The third-order valence-electron chi connectivity index (χ3n) is 3.47. The summed E-state index contributed by atoms with van der Waals surface area (Å²) in [5, 5.41) is 2.83. The quantitative estimate of drug-likeness (QED) is 0.707. The van der Waals surface area contributed by atoms with Gasteiger partial charge < -0.3 is 5.32 Å². The molecule has 2 aromatic heterocycles. The minimum Gasteiger partial charge on any atom is -0.309 e. The van der Waals surface area contributed by atoms with Crippen molar-refractivity contribution in [2.45, 2.75) is 19.2 Å². The van der Waals surface area contributed by atoms with Gasteiger partial charge in [-0.25, -0.2) is 4.98 Å². The minimum absolute atomic E-state index is 0.279. The molecule has 1 N–H and O–H groups in total. The van der Waals surface area contributed by atoms with Crippen LogP contribution in [0, 0.1) is 6.92 Å². The van der Waals surface area contributed by atoms with Crippen LogP contribution in [0.2, 0.25) is 5.02 Å². The normalized spacial score (nSPS) is 12.3. The maximum Gasteiger partial charge on any atom is 0.243 e. The first-order chi connectivity index (χ1) is 11.0. The molecular formula is C17H15Cl2N3O.